The maximum atomic E-state index is 12.0. The average molecular weight is 312 g/mol. The van der Waals surface area contributed by atoms with Crippen molar-refractivity contribution in [3.8, 4) is 16.9 Å². The van der Waals surface area contributed by atoms with Gasteiger partial charge in [0.1, 0.15) is 11.4 Å². The van der Waals surface area contributed by atoms with Gasteiger partial charge in [-0.3, -0.25) is 4.79 Å². The Labute approximate surface area is 136 Å². The molecule has 0 heterocycles. The number of esters is 1. The lowest BCUT2D eigenvalue weighted by Gasteiger charge is -2.19. The zero-order chi connectivity index (χ0) is 17.0. The van der Waals surface area contributed by atoms with Crippen molar-refractivity contribution in [2.45, 2.75) is 26.4 Å². The van der Waals surface area contributed by atoms with Crippen LogP contribution in [-0.2, 0) is 4.74 Å². The lowest BCUT2D eigenvalue weighted by atomic mass is 10.0. The Morgan fingerprint density at radius 2 is 1.61 bits per heavy atom. The number of benzene rings is 2. The molecule has 0 amide bonds. The van der Waals surface area contributed by atoms with Crippen LogP contribution in [0, 0.1) is 0 Å². The molecule has 4 nitrogen and oxygen atoms in total. The minimum atomic E-state index is -0.520. The quantitative estimate of drug-likeness (QED) is 0.629. The first-order chi connectivity index (χ1) is 10.8. The van der Waals surface area contributed by atoms with E-state index in [1.807, 2.05) is 39.0 Å². The van der Waals surface area contributed by atoms with Crippen LogP contribution in [0.1, 0.15) is 41.5 Å². The highest BCUT2D eigenvalue weighted by atomic mass is 16.6. The third kappa shape index (κ3) is 4.19. The third-order valence-corrected chi connectivity index (χ3v) is 3.21. The summed E-state index contributed by atoms with van der Waals surface area (Å²) in [7, 11) is 1.53. The van der Waals surface area contributed by atoms with E-state index < -0.39 is 5.60 Å². The van der Waals surface area contributed by atoms with Crippen molar-refractivity contribution in [3.63, 3.8) is 0 Å². The van der Waals surface area contributed by atoms with Gasteiger partial charge in [-0.25, -0.2) is 4.79 Å². The molecule has 120 valence electrons. The van der Waals surface area contributed by atoms with Gasteiger partial charge in [0.15, 0.2) is 6.29 Å². The molecule has 0 fully saturated rings. The normalized spacial score (nSPS) is 11.0. The van der Waals surface area contributed by atoms with E-state index in [0.29, 0.717) is 16.9 Å². The summed E-state index contributed by atoms with van der Waals surface area (Å²) in [5, 5.41) is 0. The van der Waals surface area contributed by atoms with E-state index in [9.17, 15) is 9.59 Å². The van der Waals surface area contributed by atoms with Crippen molar-refractivity contribution in [1.29, 1.82) is 0 Å². The number of carbonyl (C=O) groups is 2. The summed E-state index contributed by atoms with van der Waals surface area (Å²) in [5.74, 6) is 0.173. The number of methoxy groups -OCH3 is 1. The van der Waals surface area contributed by atoms with Crippen molar-refractivity contribution in [3.05, 3.63) is 53.6 Å². The van der Waals surface area contributed by atoms with E-state index in [2.05, 4.69) is 0 Å². The SMILES string of the molecule is COc1cc(-c2ccc(C(=O)OC(C)(C)C)cc2)ccc1C=O. The average Bonchev–Trinajstić information content (AvgIpc) is 2.52. The molecule has 0 aliphatic carbocycles. The monoisotopic (exact) mass is 312 g/mol. The number of hydrogen-bond donors (Lipinski definition) is 0. The van der Waals surface area contributed by atoms with Gasteiger partial charge in [0.2, 0.25) is 0 Å². The molecule has 0 aliphatic rings. The summed E-state index contributed by atoms with van der Waals surface area (Å²) in [6.07, 6.45) is 0.758. The Bertz CT molecular complexity index is 709. The predicted molar refractivity (Wildman–Crippen MR) is 89.0 cm³/mol. The van der Waals surface area contributed by atoms with Gasteiger partial charge in [-0.2, -0.15) is 0 Å². The minimum Gasteiger partial charge on any atom is -0.496 e. The molecule has 0 bridgehead atoms. The van der Waals surface area contributed by atoms with E-state index >= 15 is 0 Å². The van der Waals surface area contributed by atoms with E-state index in [-0.39, 0.29) is 5.97 Å². The molecule has 2 rings (SSSR count). The van der Waals surface area contributed by atoms with E-state index in [4.69, 9.17) is 9.47 Å². The molecule has 0 N–H and O–H groups in total. The molecule has 23 heavy (non-hydrogen) atoms. The molecule has 0 saturated heterocycles. The van der Waals surface area contributed by atoms with Crippen LogP contribution >= 0.6 is 0 Å². The van der Waals surface area contributed by atoms with Crippen LogP contribution in [-0.4, -0.2) is 25.0 Å². The first kappa shape index (κ1) is 16.7. The zero-order valence-corrected chi connectivity index (χ0v) is 13.8. The topological polar surface area (TPSA) is 52.6 Å². The van der Waals surface area contributed by atoms with Gasteiger partial charge in [0.05, 0.1) is 18.2 Å². The number of rotatable bonds is 4. The molecule has 0 radical (unpaired) electrons. The van der Waals surface area contributed by atoms with Crippen molar-refractivity contribution in [1.82, 2.24) is 0 Å². The Balaban J connectivity index is 2.26. The van der Waals surface area contributed by atoms with E-state index in [1.54, 1.807) is 24.3 Å². The maximum Gasteiger partial charge on any atom is 0.338 e. The highest BCUT2D eigenvalue weighted by Gasteiger charge is 2.17. The molecule has 0 atom stereocenters. The fraction of sp³-hybridized carbons (Fsp3) is 0.263. The summed E-state index contributed by atoms with van der Waals surface area (Å²) in [4.78, 5) is 22.9. The number of hydrogen-bond acceptors (Lipinski definition) is 4. The number of aldehydes is 1. The van der Waals surface area contributed by atoms with Crippen LogP contribution in [0.3, 0.4) is 0 Å². The lowest BCUT2D eigenvalue weighted by Crippen LogP contribution is -2.23. The van der Waals surface area contributed by atoms with Gasteiger partial charge in [-0.15, -0.1) is 0 Å². The molecular weight excluding hydrogens is 292 g/mol. The van der Waals surface area contributed by atoms with Crippen LogP contribution < -0.4 is 4.74 Å². The van der Waals surface area contributed by atoms with Gasteiger partial charge in [-0.1, -0.05) is 18.2 Å². The molecule has 2 aromatic rings. The van der Waals surface area contributed by atoms with Crippen LogP contribution in [0.4, 0.5) is 0 Å². The third-order valence-electron chi connectivity index (χ3n) is 3.21. The highest BCUT2D eigenvalue weighted by molar-refractivity contribution is 5.90. The second-order valence-electron chi connectivity index (χ2n) is 6.15. The summed E-state index contributed by atoms with van der Waals surface area (Å²) in [5.41, 5.74) is 2.31. The molecule has 2 aromatic carbocycles. The first-order valence-corrected chi connectivity index (χ1v) is 7.31. The van der Waals surface area contributed by atoms with Crippen molar-refractivity contribution < 1.29 is 19.1 Å². The standard InChI is InChI=1S/C19H20O4/c1-19(2,3)23-18(21)14-7-5-13(6-8-14)15-9-10-16(12-20)17(11-15)22-4/h5-12H,1-4H3. The molecule has 0 aromatic heterocycles. The largest absolute Gasteiger partial charge is 0.496 e. The van der Waals surface area contributed by atoms with E-state index in [0.717, 1.165) is 17.4 Å². The van der Waals surface area contributed by atoms with Gasteiger partial charge in [0.25, 0.3) is 0 Å². The van der Waals surface area contributed by atoms with Crippen LogP contribution in [0.2, 0.25) is 0 Å². The summed E-state index contributed by atoms with van der Waals surface area (Å²) in [6, 6.07) is 12.5. The smallest absolute Gasteiger partial charge is 0.338 e. The lowest BCUT2D eigenvalue weighted by molar-refractivity contribution is 0.00695. The number of carbonyl (C=O) groups excluding carboxylic acids is 2. The first-order valence-electron chi connectivity index (χ1n) is 7.31. The van der Waals surface area contributed by atoms with Crippen molar-refractivity contribution in [2.75, 3.05) is 7.11 Å². The van der Waals surface area contributed by atoms with Crippen LogP contribution in [0.5, 0.6) is 5.75 Å². The Morgan fingerprint density at radius 3 is 2.13 bits per heavy atom. The zero-order valence-electron chi connectivity index (χ0n) is 13.8. The second-order valence-corrected chi connectivity index (χ2v) is 6.15. The molecule has 0 saturated carbocycles. The van der Waals surface area contributed by atoms with Gasteiger partial charge >= 0.3 is 5.97 Å². The fourth-order valence-electron chi connectivity index (χ4n) is 2.12. The van der Waals surface area contributed by atoms with Crippen molar-refractivity contribution >= 4 is 12.3 Å². The highest BCUT2D eigenvalue weighted by Crippen LogP contribution is 2.27. The van der Waals surface area contributed by atoms with E-state index in [1.165, 1.54) is 7.11 Å². The maximum absolute atomic E-state index is 12.0. The fourth-order valence-corrected chi connectivity index (χ4v) is 2.12. The molecule has 0 aliphatic heterocycles. The predicted octanol–water partition coefficient (Wildman–Crippen LogP) is 4.13. The summed E-state index contributed by atoms with van der Waals surface area (Å²) >= 11 is 0. The van der Waals surface area contributed by atoms with Gasteiger partial charge in [-0.05, 0) is 56.2 Å². The van der Waals surface area contributed by atoms with Gasteiger partial charge < -0.3 is 9.47 Å². The van der Waals surface area contributed by atoms with Crippen LogP contribution in [0.25, 0.3) is 11.1 Å². The minimum absolute atomic E-state index is 0.349. The Hall–Kier alpha value is -2.62. The van der Waals surface area contributed by atoms with Crippen molar-refractivity contribution in [2.24, 2.45) is 0 Å². The molecule has 0 unspecified atom stereocenters. The second kappa shape index (κ2) is 6.65. The Morgan fingerprint density at radius 1 is 1.00 bits per heavy atom. The molecule has 0 spiro atoms. The van der Waals surface area contributed by atoms with Crippen LogP contribution in [0.15, 0.2) is 42.5 Å². The molecular formula is C19H20O4. The molecule has 4 heteroatoms. The van der Waals surface area contributed by atoms with Gasteiger partial charge in [0, 0.05) is 0 Å². The summed E-state index contributed by atoms with van der Waals surface area (Å²) < 4.78 is 10.5. The number of ether oxygens (including phenoxy) is 2. The summed E-state index contributed by atoms with van der Waals surface area (Å²) in [6.45, 7) is 5.50. The Kier molecular flexibility index (Phi) is 4.84.